The number of hydrogen-bond acceptors (Lipinski definition) is 2. The third-order valence-electron chi connectivity index (χ3n) is 3.64. The van der Waals surface area contributed by atoms with E-state index in [0.29, 0.717) is 0 Å². The first-order valence-corrected chi connectivity index (χ1v) is 6.56. The Bertz CT molecular complexity index is 622. The summed E-state index contributed by atoms with van der Waals surface area (Å²) in [5.74, 6) is 0.0786. The molecule has 0 spiro atoms. The average molecular weight is 252 g/mol. The number of nitrogens with zero attached hydrogens (tertiary/aromatic N) is 2. The summed E-state index contributed by atoms with van der Waals surface area (Å²) in [5, 5.41) is 0. The summed E-state index contributed by atoms with van der Waals surface area (Å²) < 4.78 is 0. The maximum absolute atomic E-state index is 12.6. The Labute approximate surface area is 112 Å². The van der Waals surface area contributed by atoms with Crippen LogP contribution in [0.25, 0.3) is 0 Å². The molecule has 1 aliphatic rings. The number of hydrogen-bond donors (Lipinski definition) is 0. The molecule has 19 heavy (non-hydrogen) atoms. The summed E-state index contributed by atoms with van der Waals surface area (Å²) in [6.07, 6.45) is 4.37. The van der Waals surface area contributed by atoms with Crippen molar-refractivity contribution in [2.45, 2.75) is 26.3 Å². The molecule has 0 radical (unpaired) electrons. The minimum atomic E-state index is 0.0786. The third kappa shape index (κ3) is 1.82. The molecule has 1 unspecified atom stereocenters. The number of fused-ring (bicyclic) bond motifs is 1. The van der Waals surface area contributed by atoms with Crippen LogP contribution in [0.1, 0.15) is 40.9 Å². The normalized spacial score (nSPS) is 17.7. The van der Waals surface area contributed by atoms with Crippen LogP contribution in [-0.4, -0.2) is 10.9 Å². The van der Waals surface area contributed by atoms with Crippen LogP contribution < -0.4 is 4.90 Å². The molecule has 1 aromatic heterocycles. The molecule has 0 aliphatic carbocycles. The van der Waals surface area contributed by atoms with Gasteiger partial charge in [0.1, 0.15) is 0 Å². The Morgan fingerprint density at radius 2 is 2.16 bits per heavy atom. The van der Waals surface area contributed by atoms with E-state index in [-0.39, 0.29) is 11.9 Å². The van der Waals surface area contributed by atoms with E-state index in [2.05, 4.69) is 24.9 Å². The van der Waals surface area contributed by atoms with Crippen molar-refractivity contribution in [3.05, 3.63) is 59.4 Å². The van der Waals surface area contributed by atoms with E-state index in [1.165, 1.54) is 5.56 Å². The molecule has 3 heteroatoms. The highest BCUT2D eigenvalue weighted by Crippen LogP contribution is 2.39. The molecular formula is C16H16N2O. The second-order valence-corrected chi connectivity index (χ2v) is 4.90. The fraction of sp³-hybridized carbons (Fsp3) is 0.250. The highest BCUT2D eigenvalue weighted by molar-refractivity contribution is 6.11. The fourth-order valence-corrected chi connectivity index (χ4v) is 2.76. The Kier molecular flexibility index (Phi) is 2.82. The molecule has 1 atom stereocenters. The summed E-state index contributed by atoms with van der Waals surface area (Å²) in [4.78, 5) is 18.6. The number of anilines is 1. The second kappa shape index (κ2) is 4.50. The first-order valence-electron chi connectivity index (χ1n) is 6.56. The van der Waals surface area contributed by atoms with Crippen LogP contribution in [0.3, 0.4) is 0 Å². The Morgan fingerprint density at radius 3 is 2.84 bits per heavy atom. The number of rotatable bonds is 2. The minimum absolute atomic E-state index is 0.0786. The summed E-state index contributed by atoms with van der Waals surface area (Å²) >= 11 is 0. The Morgan fingerprint density at radius 1 is 1.32 bits per heavy atom. The molecule has 0 N–H and O–H groups in total. The second-order valence-electron chi connectivity index (χ2n) is 4.90. The van der Waals surface area contributed by atoms with Gasteiger partial charge in [0.25, 0.3) is 5.91 Å². The van der Waals surface area contributed by atoms with Gasteiger partial charge in [-0.05, 0) is 37.1 Å². The average Bonchev–Trinajstić information content (AvgIpc) is 2.71. The molecule has 1 aromatic carbocycles. The van der Waals surface area contributed by atoms with E-state index >= 15 is 0 Å². The van der Waals surface area contributed by atoms with Gasteiger partial charge < -0.3 is 0 Å². The zero-order valence-electron chi connectivity index (χ0n) is 11.1. The predicted molar refractivity (Wildman–Crippen MR) is 75.3 cm³/mol. The van der Waals surface area contributed by atoms with E-state index in [4.69, 9.17) is 0 Å². The standard InChI is InChI=1S/C16H16N2O/c1-3-15-14-9-11(2)6-7-13(14)16(19)18(15)12-5-4-8-17-10-12/h4-10,15H,3H2,1-2H3. The summed E-state index contributed by atoms with van der Waals surface area (Å²) in [6.45, 7) is 4.17. The van der Waals surface area contributed by atoms with Crippen LogP contribution in [-0.2, 0) is 0 Å². The van der Waals surface area contributed by atoms with E-state index in [1.54, 1.807) is 12.4 Å². The van der Waals surface area contributed by atoms with Crippen molar-refractivity contribution in [3.8, 4) is 0 Å². The van der Waals surface area contributed by atoms with Gasteiger partial charge >= 0.3 is 0 Å². The maximum Gasteiger partial charge on any atom is 0.259 e. The largest absolute Gasteiger partial charge is 0.299 e. The Hall–Kier alpha value is -2.16. The van der Waals surface area contributed by atoms with E-state index in [9.17, 15) is 4.79 Å². The van der Waals surface area contributed by atoms with Gasteiger partial charge in [-0.1, -0.05) is 24.6 Å². The first kappa shape index (κ1) is 11.9. The number of carbonyl (C=O) groups excluding carboxylic acids is 1. The molecule has 0 saturated heterocycles. The van der Waals surface area contributed by atoms with Gasteiger partial charge in [-0.3, -0.25) is 14.7 Å². The molecule has 3 rings (SSSR count). The summed E-state index contributed by atoms with van der Waals surface area (Å²) in [5.41, 5.74) is 4.02. The number of benzene rings is 1. The lowest BCUT2D eigenvalue weighted by Gasteiger charge is -2.24. The number of amides is 1. The molecule has 1 amide bonds. The van der Waals surface area contributed by atoms with Gasteiger partial charge in [0.05, 0.1) is 17.9 Å². The lowest BCUT2D eigenvalue weighted by Crippen LogP contribution is -2.27. The number of carbonyl (C=O) groups is 1. The topological polar surface area (TPSA) is 33.2 Å². The number of pyridine rings is 1. The summed E-state index contributed by atoms with van der Waals surface area (Å²) in [7, 11) is 0. The molecule has 0 fully saturated rings. The lowest BCUT2D eigenvalue weighted by atomic mass is 10.0. The molecule has 0 saturated carbocycles. The smallest absolute Gasteiger partial charge is 0.259 e. The van der Waals surface area contributed by atoms with Gasteiger partial charge in [-0.15, -0.1) is 0 Å². The van der Waals surface area contributed by atoms with E-state index in [0.717, 1.165) is 23.2 Å². The van der Waals surface area contributed by atoms with Crippen molar-refractivity contribution in [2.24, 2.45) is 0 Å². The van der Waals surface area contributed by atoms with Crippen LogP contribution in [0, 0.1) is 6.92 Å². The zero-order valence-corrected chi connectivity index (χ0v) is 11.1. The molecule has 2 heterocycles. The van der Waals surface area contributed by atoms with Gasteiger partial charge in [-0.25, -0.2) is 0 Å². The molecular weight excluding hydrogens is 236 g/mol. The molecule has 0 bridgehead atoms. The van der Waals surface area contributed by atoms with Crippen molar-refractivity contribution in [2.75, 3.05) is 4.90 Å². The SMILES string of the molecule is CCC1c2cc(C)ccc2C(=O)N1c1cccnc1. The Balaban J connectivity index is 2.12. The quantitative estimate of drug-likeness (QED) is 0.819. The van der Waals surface area contributed by atoms with Crippen LogP contribution >= 0.6 is 0 Å². The molecule has 1 aliphatic heterocycles. The molecule has 2 aromatic rings. The van der Waals surface area contributed by atoms with E-state index < -0.39 is 0 Å². The highest BCUT2D eigenvalue weighted by atomic mass is 16.2. The molecule has 3 nitrogen and oxygen atoms in total. The summed E-state index contributed by atoms with van der Waals surface area (Å²) in [6, 6.07) is 9.97. The van der Waals surface area contributed by atoms with Crippen molar-refractivity contribution in [1.29, 1.82) is 0 Å². The highest BCUT2D eigenvalue weighted by Gasteiger charge is 2.36. The third-order valence-corrected chi connectivity index (χ3v) is 3.64. The van der Waals surface area contributed by atoms with Crippen molar-refractivity contribution >= 4 is 11.6 Å². The predicted octanol–water partition coefficient (Wildman–Crippen LogP) is 3.50. The van der Waals surface area contributed by atoms with Gasteiger partial charge in [0.15, 0.2) is 0 Å². The van der Waals surface area contributed by atoms with Gasteiger partial charge in [0, 0.05) is 11.8 Å². The van der Waals surface area contributed by atoms with Crippen molar-refractivity contribution in [1.82, 2.24) is 4.98 Å². The van der Waals surface area contributed by atoms with Crippen LogP contribution in [0.5, 0.6) is 0 Å². The van der Waals surface area contributed by atoms with Crippen LogP contribution in [0.2, 0.25) is 0 Å². The maximum atomic E-state index is 12.6. The first-order chi connectivity index (χ1) is 9.22. The van der Waals surface area contributed by atoms with Crippen LogP contribution in [0.15, 0.2) is 42.7 Å². The fourth-order valence-electron chi connectivity index (χ4n) is 2.76. The molecule has 96 valence electrons. The van der Waals surface area contributed by atoms with Gasteiger partial charge in [0.2, 0.25) is 0 Å². The van der Waals surface area contributed by atoms with Crippen molar-refractivity contribution in [3.63, 3.8) is 0 Å². The minimum Gasteiger partial charge on any atom is -0.299 e. The van der Waals surface area contributed by atoms with E-state index in [1.807, 2.05) is 29.2 Å². The van der Waals surface area contributed by atoms with Crippen molar-refractivity contribution < 1.29 is 4.79 Å². The van der Waals surface area contributed by atoms with Gasteiger partial charge in [-0.2, -0.15) is 0 Å². The zero-order chi connectivity index (χ0) is 13.4. The number of aromatic nitrogens is 1. The number of aryl methyl sites for hydroxylation is 1. The lowest BCUT2D eigenvalue weighted by molar-refractivity contribution is 0.0990. The monoisotopic (exact) mass is 252 g/mol. The van der Waals surface area contributed by atoms with Crippen LogP contribution in [0.4, 0.5) is 5.69 Å².